The summed E-state index contributed by atoms with van der Waals surface area (Å²) in [6.45, 7) is 8.14. The zero-order valence-electron chi connectivity index (χ0n) is 18.5. The topological polar surface area (TPSA) is 95.3 Å². The molecule has 0 radical (unpaired) electrons. The quantitative estimate of drug-likeness (QED) is 0.191. The Labute approximate surface area is 215 Å². The summed E-state index contributed by atoms with van der Waals surface area (Å²) in [5.74, 6) is 0.283. The molecule has 0 bridgehead atoms. The number of aromatic nitrogens is 3. The van der Waals surface area contributed by atoms with E-state index in [1.807, 2.05) is 6.92 Å². The van der Waals surface area contributed by atoms with Crippen LogP contribution < -0.4 is 10.1 Å². The summed E-state index contributed by atoms with van der Waals surface area (Å²) >= 11 is 14.7. The van der Waals surface area contributed by atoms with Gasteiger partial charge in [-0.2, -0.15) is 0 Å². The van der Waals surface area contributed by atoms with E-state index >= 15 is 0 Å². The van der Waals surface area contributed by atoms with Gasteiger partial charge in [0, 0.05) is 22.5 Å². The lowest BCUT2D eigenvalue weighted by Gasteiger charge is -2.10. The van der Waals surface area contributed by atoms with Gasteiger partial charge in [-0.15, -0.1) is 28.1 Å². The lowest BCUT2D eigenvalue weighted by atomic mass is 10.3. The molecule has 3 rings (SSSR count). The summed E-state index contributed by atoms with van der Waals surface area (Å²) in [6.07, 6.45) is 1.70. The zero-order valence-corrected chi connectivity index (χ0v) is 21.6. The van der Waals surface area contributed by atoms with Gasteiger partial charge in [0.25, 0.3) is 0 Å². The highest BCUT2D eigenvalue weighted by Gasteiger charge is 2.19. The fraction of sp³-hybridized carbons (Fsp3) is 0.273. The van der Waals surface area contributed by atoms with Crippen molar-refractivity contribution in [2.24, 2.45) is 0 Å². The molecule has 1 amide bonds. The van der Waals surface area contributed by atoms with E-state index in [-0.39, 0.29) is 24.9 Å². The van der Waals surface area contributed by atoms with Crippen LogP contribution in [0.4, 0.5) is 5.00 Å². The van der Waals surface area contributed by atoms with Gasteiger partial charge >= 0.3 is 5.97 Å². The van der Waals surface area contributed by atoms with Crippen LogP contribution >= 0.6 is 46.3 Å². The second kappa shape index (κ2) is 12.3. The molecule has 0 aliphatic carbocycles. The van der Waals surface area contributed by atoms with Gasteiger partial charge in [-0.1, -0.05) is 41.0 Å². The first-order valence-electron chi connectivity index (χ1n) is 10.1. The monoisotopic (exact) mass is 540 g/mol. The summed E-state index contributed by atoms with van der Waals surface area (Å²) in [5, 5.41) is 13.1. The number of hydrogen-bond donors (Lipinski definition) is 1. The number of thioether (sulfide) groups is 1. The van der Waals surface area contributed by atoms with Gasteiger partial charge in [0.2, 0.25) is 5.91 Å². The first kappa shape index (κ1) is 26.1. The molecule has 0 saturated heterocycles. The molecule has 3 aromatic rings. The van der Waals surface area contributed by atoms with E-state index in [1.165, 1.54) is 23.1 Å². The highest BCUT2D eigenvalue weighted by atomic mass is 35.5. The molecule has 1 aromatic carbocycles. The van der Waals surface area contributed by atoms with Crippen molar-refractivity contribution in [1.82, 2.24) is 14.8 Å². The van der Waals surface area contributed by atoms with E-state index in [1.54, 1.807) is 41.8 Å². The predicted octanol–water partition coefficient (Wildman–Crippen LogP) is 5.63. The SMILES string of the molecule is C=CCn1c(COc2cc(Cl)ccc2Cl)nnc1SCC(=O)Nc1sc(C)cc1C(=O)OCC. The van der Waals surface area contributed by atoms with Crippen molar-refractivity contribution in [3.8, 4) is 5.75 Å². The maximum Gasteiger partial charge on any atom is 0.341 e. The van der Waals surface area contributed by atoms with Crippen LogP contribution in [-0.2, 0) is 22.7 Å². The number of hydrogen-bond acceptors (Lipinski definition) is 8. The minimum atomic E-state index is -0.468. The van der Waals surface area contributed by atoms with E-state index in [9.17, 15) is 9.59 Å². The minimum Gasteiger partial charge on any atom is -0.484 e. The van der Waals surface area contributed by atoms with Crippen molar-refractivity contribution >= 4 is 63.2 Å². The Hall–Kier alpha value is -2.53. The Balaban J connectivity index is 1.65. The van der Waals surface area contributed by atoms with Crippen molar-refractivity contribution in [1.29, 1.82) is 0 Å². The second-order valence-electron chi connectivity index (χ2n) is 6.82. The Morgan fingerprint density at radius 1 is 1.29 bits per heavy atom. The molecule has 0 atom stereocenters. The van der Waals surface area contributed by atoms with Crippen molar-refractivity contribution in [2.75, 3.05) is 17.7 Å². The Kier molecular flexibility index (Phi) is 9.40. The number of thiophene rings is 1. The summed E-state index contributed by atoms with van der Waals surface area (Å²) in [6, 6.07) is 6.64. The van der Waals surface area contributed by atoms with Crippen molar-refractivity contribution in [2.45, 2.75) is 32.2 Å². The molecule has 180 valence electrons. The smallest absolute Gasteiger partial charge is 0.341 e. The van der Waals surface area contributed by atoms with Crippen LogP contribution in [0.2, 0.25) is 10.0 Å². The Bertz CT molecular complexity index is 1200. The summed E-state index contributed by atoms with van der Waals surface area (Å²) in [7, 11) is 0. The molecule has 0 fully saturated rings. The van der Waals surface area contributed by atoms with Crippen LogP contribution in [-0.4, -0.2) is 39.0 Å². The number of allylic oxidation sites excluding steroid dienone is 1. The third-order valence-corrected chi connectivity index (χ3v) is 6.77. The number of amides is 1. The fourth-order valence-corrected chi connectivity index (χ4v) is 4.85. The number of ether oxygens (including phenoxy) is 2. The number of nitrogens with one attached hydrogen (secondary N) is 1. The van der Waals surface area contributed by atoms with Gasteiger partial charge in [-0.3, -0.25) is 9.36 Å². The number of nitrogens with zero attached hydrogens (tertiary/aromatic N) is 3. The highest BCUT2D eigenvalue weighted by molar-refractivity contribution is 7.99. The molecular weight excluding hydrogens is 519 g/mol. The minimum absolute atomic E-state index is 0.0649. The molecule has 0 unspecified atom stereocenters. The molecule has 8 nitrogen and oxygen atoms in total. The molecular formula is C22H22Cl2N4O4S2. The zero-order chi connectivity index (χ0) is 24.7. The second-order valence-corrected chi connectivity index (χ2v) is 9.86. The Morgan fingerprint density at radius 3 is 2.82 bits per heavy atom. The molecule has 1 N–H and O–H groups in total. The van der Waals surface area contributed by atoms with E-state index in [0.29, 0.717) is 43.9 Å². The third kappa shape index (κ3) is 6.75. The summed E-state index contributed by atoms with van der Waals surface area (Å²) in [5.41, 5.74) is 0.344. The highest BCUT2D eigenvalue weighted by Crippen LogP contribution is 2.30. The number of halogens is 2. The van der Waals surface area contributed by atoms with Crippen LogP contribution in [0.1, 0.15) is 28.0 Å². The van der Waals surface area contributed by atoms with Crippen LogP contribution in [0, 0.1) is 6.92 Å². The average Bonchev–Trinajstić information content (AvgIpc) is 3.36. The number of benzene rings is 1. The lowest BCUT2D eigenvalue weighted by molar-refractivity contribution is -0.113. The molecule has 0 aliphatic heterocycles. The van der Waals surface area contributed by atoms with Gasteiger partial charge in [-0.05, 0) is 32.0 Å². The summed E-state index contributed by atoms with van der Waals surface area (Å²) < 4.78 is 12.6. The van der Waals surface area contributed by atoms with Gasteiger partial charge in [0.05, 0.1) is 22.9 Å². The van der Waals surface area contributed by atoms with Gasteiger partial charge in [0.15, 0.2) is 11.0 Å². The largest absolute Gasteiger partial charge is 0.484 e. The van der Waals surface area contributed by atoms with Gasteiger partial charge in [0.1, 0.15) is 17.4 Å². The van der Waals surface area contributed by atoms with Gasteiger partial charge in [-0.25, -0.2) is 4.79 Å². The average molecular weight is 541 g/mol. The fourth-order valence-electron chi connectivity index (χ4n) is 2.84. The predicted molar refractivity (Wildman–Crippen MR) is 135 cm³/mol. The van der Waals surface area contributed by atoms with E-state index in [0.717, 1.165) is 4.88 Å². The summed E-state index contributed by atoms with van der Waals surface area (Å²) in [4.78, 5) is 25.6. The van der Waals surface area contributed by atoms with Crippen LogP contribution in [0.5, 0.6) is 5.75 Å². The number of carbonyl (C=O) groups excluding carboxylic acids is 2. The molecule has 34 heavy (non-hydrogen) atoms. The number of esters is 1. The maximum atomic E-state index is 12.6. The number of rotatable bonds is 11. The van der Waals surface area contributed by atoms with Crippen LogP contribution in [0.25, 0.3) is 0 Å². The van der Waals surface area contributed by atoms with Crippen molar-refractivity contribution in [3.05, 3.63) is 63.2 Å². The maximum absolute atomic E-state index is 12.6. The molecule has 0 aliphatic rings. The number of carbonyl (C=O) groups is 2. The van der Waals surface area contributed by atoms with E-state index in [4.69, 9.17) is 32.7 Å². The molecule has 2 aromatic heterocycles. The van der Waals surface area contributed by atoms with E-state index in [2.05, 4.69) is 22.1 Å². The molecule has 12 heteroatoms. The molecule has 0 spiro atoms. The van der Waals surface area contributed by atoms with Gasteiger partial charge < -0.3 is 14.8 Å². The number of aryl methyl sites for hydroxylation is 1. The lowest BCUT2D eigenvalue weighted by Crippen LogP contribution is -2.16. The third-order valence-electron chi connectivity index (χ3n) is 4.29. The Morgan fingerprint density at radius 2 is 2.09 bits per heavy atom. The standard InChI is InChI=1S/C22H22Cl2N4O4S2/c1-4-8-28-18(11-32-17-10-14(23)6-7-16(17)24)26-27-22(28)33-12-19(29)25-20-15(9-13(3)34-20)21(30)31-5-2/h4,6-7,9-10H,1,5,8,11-12H2,2-3H3,(H,25,29). The normalized spacial score (nSPS) is 10.7. The first-order valence-corrected chi connectivity index (χ1v) is 12.7. The number of anilines is 1. The van der Waals surface area contributed by atoms with Crippen LogP contribution in [0.15, 0.2) is 42.1 Å². The first-order chi connectivity index (χ1) is 16.3. The molecule has 0 saturated carbocycles. The van der Waals surface area contributed by atoms with Crippen molar-refractivity contribution in [3.63, 3.8) is 0 Å². The molecule has 2 heterocycles. The van der Waals surface area contributed by atoms with Crippen LogP contribution in [0.3, 0.4) is 0 Å². The van der Waals surface area contributed by atoms with E-state index < -0.39 is 5.97 Å². The van der Waals surface area contributed by atoms with Crippen molar-refractivity contribution < 1.29 is 19.1 Å².